The molecule has 0 bridgehead atoms. The molecule has 1 N–H and O–H groups in total. The molecule has 1 heterocycles. The van der Waals surface area contributed by atoms with Gasteiger partial charge in [0, 0.05) is 26.2 Å². The fourth-order valence-electron chi connectivity index (χ4n) is 2.85. The van der Waals surface area contributed by atoms with E-state index >= 15 is 0 Å². The Balaban J connectivity index is 1.54. The second-order valence-electron chi connectivity index (χ2n) is 5.86. The van der Waals surface area contributed by atoms with E-state index in [4.69, 9.17) is 0 Å². The summed E-state index contributed by atoms with van der Waals surface area (Å²) in [7, 11) is 0. The zero-order valence-corrected chi connectivity index (χ0v) is 13.5. The Morgan fingerprint density at radius 2 is 1.48 bits per heavy atom. The molecule has 0 unspecified atom stereocenters. The van der Waals surface area contributed by atoms with Crippen LogP contribution in [0, 0.1) is 17.5 Å². The number of hydrogen-bond donors (Lipinski definition) is 1. The van der Waals surface area contributed by atoms with Crippen molar-refractivity contribution in [2.45, 2.75) is 0 Å². The molecular weight excluding hydrogens is 331 g/mol. The molecule has 1 aliphatic heterocycles. The average molecular weight is 349 g/mol. The standard InChI is InChI=1S/C18H18F3N3O/c19-13-4-1-2-7-16(13)24-10-8-23(9-11-24)12-17(25)22-18-14(20)5-3-6-15(18)21/h1-7H,8-12H2,(H,22,25). The Morgan fingerprint density at radius 1 is 0.880 bits per heavy atom. The second-order valence-corrected chi connectivity index (χ2v) is 5.86. The van der Waals surface area contributed by atoms with Gasteiger partial charge in [-0.15, -0.1) is 0 Å². The quantitative estimate of drug-likeness (QED) is 0.922. The minimum absolute atomic E-state index is 0.0267. The van der Waals surface area contributed by atoms with Crippen molar-refractivity contribution in [2.75, 3.05) is 42.9 Å². The number of amides is 1. The summed E-state index contributed by atoms with van der Waals surface area (Å²) in [6, 6.07) is 9.97. The molecule has 0 spiro atoms. The van der Waals surface area contributed by atoms with Crippen LogP contribution in [0.4, 0.5) is 24.5 Å². The smallest absolute Gasteiger partial charge is 0.238 e. The largest absolute Gasteiger partial charge is 0.367 e. The monoisotopic (exact) mass is 349 g/mol. The van der Waals surface area contributed by atoms with Gasteiger partial charge in [-0.05, 0) is 24.3 Å². The number of hydrogen-bond acceptors (Lipinski definition) is 3. The molecule has 7 heteroatoms. The molecule has 0 aromatic heterocycles. The molecule has 3 rings (SSSR count). The molecule has 2 aromatic carbocycles. The number of carbonyl (C=O) groups is 1. The second kappa shape index (κ2) is 7.57. The number of nitrogens with zero attached hydrogens (tertiary/aromatic N) is 2. The number of anilines is 2. The highest BCUT2D eigenvalue weighted by Crippen LogP contribution is 2.20. The van der Waals surface area contributed by atoms with Crippen LogP contribution in [0.1, 0.15) is 0 Å². The molecule has 1 aliphatic rings. The number of para-hydroxylation sites is 2. The Hall–Kier alpha value is -2.54. The van der Waals surface area contributed by atoms with Gasteiger partial charge in [-0.25, -0.2) is 13.2 Å². The van der Waals surface area contributed by atoms with Crippen molar-refractivity contribution in [3.63, 3.8) is 0 Å². The minimum atomic E-state index is -0.808. The molecule has 0 atom stereocenters. The van der Waals surface area contributed by atoms with Crippen LogP contribution in [0.25, 0.3) is 0 Å². The summed E-state index contributed by atoms with van der Waals surface area (Å²) in [6.07, 6.45) is 0. The van der Waals surface area contributed by atoms with Crippen molar-refractivity contribution in [3.05, 3.63) is 59.9 Å². The number of benzene rings is 2. The van der Waals surface area contributed by atoms with Crippen LogP contribution >= 0.6 is 0 Å². The van der Waals surface area contributed by atoms with Gasteiger partial charge in [0.05, 0.1) is 12.2 Å². The highest BCUT2D eigenvalue weighted by Gasteiger charge is 2.21. The Bertz CT molecular complexity index is 741. The number of halogens is 3. The van der Waals surface area contributed by atoms with Gasteiger partial charge in [0.2, 0.25) is 5.91 Å². The topological polar surface area (TPSA) is 35.6 Å². The lowest BCUT2D eigenvalue weighted by Gasteiger charge is -2.35. The third-order valence-electron chi connectivity index (χ3n) is 4.16. The predicted octanol–water partition coefficient (Wildman–Crippen LogP) is 2.86. The van der Waals surface area contributed by atoms with Crippen molar-refractivity contribution in [3.8, 4) is 0 Å². The number of piperazine rings is 1. The van der Waals surface area contributed by atoms with Crippen LogP contribution in [0.5, 0.6) is 0 Å². The van der Waals surface area contributed by atoms with E-state index in [-0.39, 0.29) is 12.4 Å². The highest BCUT2D eigenvalue weighted by molar-refractivity contribution is 5.92. The number of carbonyl (C=O) groups excluding carboxylic acids is 1. The lowest BCUT2D eigenvalue weighted by molar-refractivity contribution is -0.117. The zero-order valence-electron chi connectivity index (χ0n) is 13.5. The summed E-state index contributed by atoms with van der Waals surface area (Å²) >= 11 is 0. The summed E-state index contributed by atoms with van der Waals surface area (Å²) in [4.78, 5) is 15.8. The lowest BCUT2D eigenvalue weighted by Crippen LogP contribution is -2.49. The molecule has 1 saturated heterocycles. The first kappa shape index (κ1) is 17.3. The third-order valence-corrected chi connectivity index (χ3v) is 4.16. The van der Waals surface area contributed by atoms with Crippen molar-refractivity contribution in [1.82, 2.24) is 4.90 Å². The van der Waals surface area contributed by atoms with Crippen LogP contribution in [-0.2, 0) is 4.79 Å². The maximum atomic E-state index is 13.8. The third kappa shape index (κ3) is 4.11. The SMILES string of the molecule is O=C(CN1CCN(c2ccccc2F)CC1)Nc1c(F)cccc1F. The van der Waals surface area contributed by atoms with Gasteiger partial charge in [-0.1, -0.05) is 18.2 Å². The molecular formula is C18H18F3N3O. The molecule has 1 fully saturated rings. The van der Waals surface area contributed by atoms with Crippen molar-refractivity contribution >= 4 is 17.3 Å². The first-order chi connectivity index (χ1) is 12.0. The fraction of sp³-hybridized carbons (Fsp3) is 0.278. The first-order valence-electron chi connectivity index (χ1n) is 8.00. The van der Waals surface area contributed by atoms with E-state index in [9.17, 15) is 18.0 Å². The van der Waals surface area contributed by atoms with Crippen LogP contribution in [0.2, 0.25) is 0 Å². The van der Waals surface area contributed by atoms with Crippen molar-refractivity contribution in [1.29, 1.82) is 0 Å². The van der Waals surface area contributed by atoms with Gasteiger partial charge in [-0.3, -0.25) is 9.69 Å². The van der Waals surface area contributed by atoms with Crippen LogP contribution in [-0.4, -0.2) is 43.5 Å². The van der Waals surface area contributed by atoms with Gasteiger partial charge >= 0.3 is 0 Å². The molecule has 25 heavy (non-hydrogen) atoms. The zero-order chi connectivity index (χ0) is 17.8. The molecule has 1 amide bonds. The highest BCUT2D eigenvalue weighted by atomic mass is 19.1. The fourth-order valence-corrected chi connectivity index (χ4v) is 2.85. The van der Waals surface area contributed by atoms with Crippen LogP contribution < -0.4 is 10.2 Å². The molecule has 0 radical (unpaired) electrons. The summed E-state index contributed by atoms with van der Waals surface area (Å²) in [5, 5.41) is 2.27. The molecule has 0 saturated carbocycles. The van der Waals surface area contributed by atoms with Crippen molar-refractivity contribution in [2.24, 2.45) is 0 Å². The molecule has 2 aromatic rings. The maximum absolute atomic E-state index is 13.8. The van der Waals surface area contributed by atoms with E-state index in [0.29, 0.717) is 31.9 Å². The van der Waals surface area contributed by atoms with Crippen molar-refractivity contribution < 1.29 is 18.0 Å². The first-order valence-corrected chi connectivity index (χ1v) is 8.00. The maximum Gasteiger partial charge on any atom is 0.238 e. The van der Waals surface area contributed by atoms with E-state index in [1.54, 1.807) is 18.2 Å². The molecule has 4 nitrogen and oxygen atoms in total. The van der Waals surface area contributed by atoms with E-state index in [1.165, 1.54) is 12.1 Å². The number of nitrogens with one attached hydrogen (secondary N) is 1. The van der Waals surface area contributed by atoms with Gasteiger partial charge in [0.15, 0.2) is 0 Å². The normalized spacial score (nSPS) is 15.2. The summed E-state index contributed by atoms with van der Waals surface area (Å²) in [5.74, 6) is -2.37. The molecule has 0 aliphatic carbocycles. The number of rotatable bonds is 4. The molecule has 132 valence electrons. The van der Waals surface area contributed by atoms with Gasteiger partial charge in [0.25, 0.3) is 0 Å². The predicted molar refractivity (Wildman–Crippen MR) is 90.0 cm³/mol. The minimum Gasteiger partial charge on any atom is -0.367 e. The summed E-state index contributed by atoms with van der Waals surface area (Å²) in [5.41, 5.74) is 0.109. The average Bonchev–Trinajstić information content (AvgIpc) is 2.60. The summed E-state index contributed by atoms with van der Waals surface area (Å²) < 4.78 is 40.9. The Kier molecular flexibility index (Phi) is 5.23. The van der Waals surface area contributed by atoms with Crippen LogP contribution in [0.3, 0.4) is 0 Å². The summed E-state index contributed by atoms with van der Waals surface area (Å²) in [6.45, 7) is 2.28. The van der Waals surface area contributed by atoms with E-state index in [2.05, 4.69) is 5.32 Å². The Morgan fingerprint density at radius 3 is 2.12 bits per heavy atom. The van der Waals surface area contributed by atoms with Gasteiger partial charge in [0.1, 0.15) is 23.1 Å². The lowest BCUT2D eigenvalue weighted by atomic mass is 10.2. The van der Waals surface area contributed by atoms with E-state index in [1.807, 2.05) is 9.80 Å². The van der Waals surface area contributed by atoms with Gasteiger partial charge < -0.3 is 10.2 Å². The van der Waals surface area contributed by atoms with Crippen LogP contribution in [0.15, 0.2) is 42.5 Å². The Labute approximate surface area is 143 Å². The van der Waals surface area contributed by atoms with E-state index in [0.717, 1.165) is 12.1 Å². The van der Waals surface area contributed by atoms with E-state index < -0.39 is 23.2 Å². The van der Waals surface area contributed by atoms with Gasteiger partial charge in [-0.2, -0.15) is 0 Å².